The van der Waals surface area contributed by atoms with Crippen molar-refractivity contribution < 1.29 is 13.9 Å². The monoisotopic (exact) mass is 213 g/mol. The summed E-state index contributed by atoms with van der Waals surface area (Å²) in [5.74, 6) is -0.604. The SMILES string of the molecule is N#CCc1c(CN)ncc(O)c1C(F)F. The minimum atomic E-state index is -2.85. The van der Waals surface area contributed by atoms with Crippen LogP contribution in [0.3, 0.4) is 0 Å². The van der Waals surface area contributed by atoms with Gasteiger partial charge in [0.2, 0.25) is 0 Å². The molecule has 1 aromatic heterocycles. The molecule has 0 saturated carbocycles. The van der Waals surface area contributed by atoms with Crippen molar-refractivity contribution in [2.45, 2.75) is 19.4 Å². The van der Waals surface area contributed by atoms with E-state index in [2.05, 4.69) is 4.98 Å². The number of pyridine rings is 1. The summed E-state index contributed by atoms with van der Waals surface area (Å²) in [5, 5.41) is 17.7. The van der Waals surface area contributed by atoms with Gasteiger partial charge in [0.15, 0.2) is 0 Å². The molecule has 4 nitrogen and oxygen atoms in total. The van der Waals surface area contributed by atoms with Gasteiger partial charge in [-0.25, -0.2) is 8.78 Å². The van der Waals surface area contributed by atoms with E-state index in [0.29, 0.717) is 0 Å². The number of halogens is 2. The zero-order valence-corrected chi connectivity index (χ0v) is 7.74. The predicted octanol–water partition coefficient (Wildman–Crippen LogP) is 1.25. The van der Waals surface area contributed by atoms with E-state index in [9.17, 15) is 13.9 Å². The van der Waals surface area contributed by atoms with E-state index >= 15 is 0 Å². The lowest BCUT2D eigenvalue weighted by molar-refractivity contribution is 0.146. The van der Waals surface area contributed by atoms with Crippen molar-refractivity contribution in [1.29, 1.82) is 5.26 Å². The Hall–Kier alpha value is -1.74. The average molecular weight is 213 g/mol. The first kappa shape index (κ1) is 11.3. The first-order valence-electron chi connectivity index (χ1n) is 4.16. The second-order valence-corrected chi connectivity index (χ2v) is 2.82. The molecule has 1 rings (SSSR count). The Morgan fingerprint density at radius 1 is 1.60 bits per heavy atom. The van der Waals surface area contributed by atoms with Crippen molar-refractivity contribution in [1.82, 2.24) is 4.98 Å². The van der Waals surface area contributed by atoms with Gasteiger partial charge < -0.3 is 10.8 Å². The highest BCUT2D eigenvalue weighted by Crippen LogP contribution is 2.32. The molecular weight excluding hydrogens is 204 g/mol. The molecule has 0 aliphatic heterocycles. The summed E-state index contributed by atoms with van der Waals surface area (Å²) in [7, 11) is 0. The number of hydrogen-bond acceptors (Lipinski definition) is 4. The second-order valence-electron chi connectivity index (χ2n) is 2.82. The third kappa shape index (κ3) is 2.19. The molecule has 0 aliphatic carbocycles. The van der Waals surface area contributed by atoms with Gasteiger partial charge in [0.05, 0.1) is 29.9 Å². The van der Waals surface area contributed by atoms with E-state index in [1.807, 2.05) is 0 Å². The molecule has 0 radical (unpaired) electrons. The van der Waals surface area contributed by atoms with Crippen molar-refractivity contribution >= 4 is 0 Å². The molecule has 0 spiro atoms. The topological polar surface area (TPSA) is 82.9 Å². The van der Waals surface area contributed by atoms with E-state index in [1.165, 1.54) is 0 Å². The highest BCUT2D eigenvalue weighted by molar-refractivity contribution is 5.42. The van der Waals surface area contributed by atoms with Gasteiger partial charge in [-0.05, 0) is 0 Å². The Balaban J connectivity index is 3.38. The van der Waals surface area contributed by atoms with Gasteiger partial charge in [-0.1, -0.05) is 0 Å². The third-order valence-electron chi connectivity index (χ3n) is 1.96. The molecule has 3 N–H and O–H groups in total. The van der Waals surface area contributed by atoms with Crippen molar-refractivity contribution in [3.05, 3.63) is 23.0 Å². The molecule has 15 heavy (non-hydrogen) atoms. The number of aromatic hydroxyl groups is 1. The molecule has 0 unspecified atom stereocenters. The van der Waals surface area contributed by atoms with E-state index in [4.69, 9.17) is 11.0 Å². The highest BCUT2D eigenvalue weighted by Gasteiger charge is 2.21. The summed E-state index contributed by atoms with van der Waals surface area (Å²) < 4.78 is 25.2. The molecule has 0 atom stereocenters. The molecule has 80 valence electrons. The van der Waals surface area contributed by atoms with Crippen LogP contribution in [0, 0.1) is 11.3 Å². The lowest BCUT2D eigenvalue weighted by Crippen LogP contribution is -2.08. The van der Waals surface area contributed by atoms with Crippen LogP contribution in [0.25, 0.3) is 0 Å². The Kier molecular flexibility index (Phi) is 3.52. The van der Waals surface area contributed by atoms with Crippen molar-refractivity contribution in [3.8, 4) is 11.8 Å². The summed E-state index contributed by atoms with van der Waals surface area (Å²) in [6.07, 6.45) is -2.17. The van der Waals surface area contributed by atoms with Gasteiger partial charge in [-0.3, -0.25) is 4.98 Å². The minimum absolute atomic E-state index is 0.0231. The average Bonchev–Trinajstić information content (AvgIpc) is 2.18. The highest BCUT2D eigenvalue weighted by atomic mass is 19.3. The normalized spacial score (nSPS) is 10.3. The van der Waals surface area contributed by atoms with Gasteiger partial charge in [-0.15, -0.1) is 0 Å². The molecule has 0 saturated heterocycles. The van der Waals surface area contributed by atoms with Gasteiger partial charge in [0.1, 0.15) is 5.75 Å². The van der Waals surface area contributed by atoms with E-state index < -0.39 is 17.7 Å². The molecule has 0 aliphatic rings. The maximum atomic E-state index is 12.6. The zero-order chi connectivity index (χ0) is 11.4. The molecule has 6 heteroatoms. The fraction of sp³-hybridized carbons (Fsp3) is 0.333. The first-order valence-corrected chi connectivity index (χ1v) is 4.16. The summed E-state index contributed by atoms with van der Waals surface area (Å²) in [4.78, 5) is 3.70. The maximum absolute atomic E-state index is 12.6. The van der Waals surface area contributed by atoms with Crippen LogP contribution < -0.4 is 5.73 Å². The predicted molar refractivity (Wildman–Crippen MR) is 48.1 cm³/mol. The quantitative estimate of drug-likeness (QED) is 0.791. The summed E-state index contributed by atoms with van der Waals surface area (Å²) >= 11 is 0. The number of aromatic nitrogens is 1. The molecular formula is C9H9F2N3O. The summed E-state index contributed by atoms with van der Waals surface area (Å²) in [6, 6.07) is 1.74. The number of nitrogens with zero attached hydrogens (tertiary/aromatic N) is 2. The Morgan fingerprint density at radius 3 is 2.73 bits per heavy atom. The summed E-state index contributed by atoms with van der Waals surface area (Å²) in [6.45, 7) is -0.0446. The molecule has 1 heterocycles. The first-order chi connectivity index (χ1) is 7.11. The van der Waals surface area contributed by atoms with Gasteiger partial charge >= 0.3 is 0 Å². The fourth-order valence-corrected chi connectivity index (χ4v) is 1.29. The van der Waals surface area contributed by atoms with Crippen LogP contribution >= 0.6 is 0 Å². The molecule has 1 aromatic rings. The number of nitrogens with two attached hydrogens (primary N) is 1. The number of rotatable bonds is 3. The lowest BCUT2D eigenvalue weighted by atomic mass is 10.0. The van der Waals surface area contributed by atoms with Crippen molar-refractivity contribution in [2.75, 3.05) is 0 Å². The van der Waals surface area contributed by atoms with E-state index in [1.54, 1.807) is 6.07 Å². The number of alkyl halides is 2. The van der Waals surface area contributed by atoms with Crippen LogP contribution in [0.2, 0.25) is 0 Å². The minimum Gasteiger partial charge on any atom is -0.506 e. The lowest BCUT2D eigenvalue weighted by Gasteiger charge is -2.11. The molecule has 0 aromatic carbocycles. The number of hydrogen-bond donors (Lipinski definition) is 2. The van der Waals surface area contributed by atoms with Crippen LogP contribution in [-0.2, 0) is 13.0 Å². The molecule has 0 bridgehead atoms. The Bertz CT molecular complexity index is 401. The van der Waals surface area contributed by atoms with Crippen molar-refractivity contribution in [2.24, 2.45) is 5.73 Å². The smallest absolute Gasteiger partial charge is 0.267 e. The van der Waals surface area contributed by atoms with Crippen LogP contribution in [0.15, 0.2) is 6.20 Å². The molecule has 0 fully saturated rings. The number of nitriles is 1. The maximum Gasteiger partial charge on any atom is 0.267 e. The Labute approximate surface area is 85.0 Å². The standard InChI is InChI=1S/C9H9F2N3O/c10-9(11)8-5(1-2-12)6(3-13)14-4-7(8)15/h4,9,15H,1,3,13H2. The van der Waals surface area contributed by atoms with Gasteiger partial charge in [-0.2, -0.15) is 5.26 Å². The zero-order valence-electron chi connectivity index (χ0n) is 7.74. The largest absolute Gasteiger partial charge is 0.506 e. The van der Waals surface area contributed by atoms with Crippen LogP contribution in [0.1, 0.15) is 23.2 Å². The van der Waals surface area contributed by atoms with E-state index in [-0.39, 0.29) is 24.2 Å². The third-order valence-corrected chi connectivity index (χ3v) is 1.96. The Morgan fingerprint density at radius 2 is 2.27 bits per heavy atom. The molecule has 0 amide bonds. The van der Waals surface area contributed by atoms with Gasteiger partial charge in [0, 0.05) is 12.1 Å². The second kappa shape index (κ2) is 4.66. The van der Waals surface area contributed by atoms with Crippen LogP contribution in [0.4, 0.5) is 8.78 Å². The van der Waals surface area contributed by atoms with Gasteiger partial charge in [0.25, 0.3) is 6.43 Å². The summed E-state index contributed by atoms with van der Waals surface area (Å²) in [5.41, 5.74) is 4.99. The fourth-order valence-electron chi connectivity index (χ4n) is 1.29. The van der Waals surface area contributed by atoms with E-state index in [0.717, 1.165) is 6.20 Å². The van der Waals surface area contributed by atoms with Crippen LogP contribution in [-0.4, -0.2) is 10.1 Å². The van der Waals surface area contributed by atoms with Crippen molar-refractivity contribution in [3.63, 3.8) is 0 Å². The van der Waals surface area contributed by atoms with Crippen LogP contribution in [0.5, 0.6) is 5.75 Å².